The molecular weight excluding hydrogens is 1000 g/mol. The van der Waals surface area contributed by atoms with Crippen LogP contribution in [0.4, 0.5) is 0 Å². The minimum Gasteiger partial charge on any atom is -1.00 e. The molecule has 5 fully saturated rings. The first-order valence-corrected chi connectivity index (χ1v) is 22.7. The highest BCUT2D eigenvalue weighted by Crippen LogP contribution is 2.30. The van der Waals surface area contributed by atoms with Crippen molar-refractivity contribution in [3.8, 4) is 0 Å². The molecule has 0 aromatic heterocycles. The highest BCUT2D eigenvalue weighted by molar-refractivity contribution is 5.79. The van der Waals surface area contributed by atoms with Gasteiger partial charge in [-0.2, -0.15) is 0 Å². The van der Waals surface area contributed by atoms with Crippen molar-refractivity contribution in [2.24, 2.45) is 23.5 Å². The van der Waals surface area contributed by atoms with Crippen molar-refractivity contribution in [2.75, 3.05) is 156 Å². The van der Waals surface area contributed by atoms with E-state index >= 15 is 0 Å². The summed E-state index contributed by atoms with van der Waals surface area (Å²) in [5.74, 6) is -0.665. The van der Waals surface area contributed by atoms with Gasteiger partial charge in [0.25, 0.3) is 0 Å². The number of hydrogen-bond acceptors (Lipinski definition) is 17. The largest absolute Gasteiger partial charge is 1.00 e. The number of piperazine rings is 2. The highest BCUT2D eigenvalue weighted by Gasteiger charge is 2.47. The standard InChI is InChI=1S/C18H36N3O5.C16H31N3O5.C9H19NO4.ClH.HI/c1-13-14(12-24-5)26-18(25-6)16(17(13)23)19(2)15(22)11-20-7-9-21(3,4)10-8-20;1-11-12(10-20)24-16(23-4)14(15(11)22)17-13(21)9-18-5-7-19(2,3)8-6-18;1-5-6(4-12-2)14-9(13-3)7(10)8(5)11;;/h13-14,16-18,23H,7-12H2,1-6H3;11-12,14-16,20,22H,5-10H2,1-4H3;5-9,11H,4,10H2,1-3H3;2*1H/q+1;;;;/p-1. The summed E-state index contributed by atoms with van der Waals surface area (Å²) in [6, 6.07) is -1.67. The van der Waals surface area contributed by atoms with Gasteiger partial charge >= 0.3 is 0 Å². The molecule has 392 valence electrons. The van der Waals surface area contributed by atoms with Gasteiger partial charge in [-0.25, -0.2) is 0 Å². The minimum atomic E-state index is -0.832. The van der Waals surface area contributed by atoms with Crippen LogP contribution in [0, 0.1) is 17.8 Å². The van der Waals surface area contributed by atoms with Crippen molar-refractivity contribution in [1.29, 1.82) is 0 Å². The summed E-state index contributed by atoms with van der Waals surface area (Å²) in [5, 5.41) is 43.2. The Balaban J connectivity index is 0.000000508. The van der Waals surface area contributed by atoms with E-state index in [0.29, 0.717) is 26.3 Å². The van der Waals surface area contributed by atoms with E-state index in [4.69, 9.17) is 43.6 Å². The van der Waals surface area contributed by atoms with Crippen molar-refractivity contribution in [3.63, 3.8) is 0 Å². The zero-order valence-electron chi connectivity index (χ0n) is 41.8. The van der Waals surface area contributed by atoms with E-state index in [9.17, 15) is 30.0 Å². The van der Waals surface area contributed by atoms with Crippen molar-refractivity contribution in [3.05, 3.63) is 0 Å². The molecule has 5 aliphatic heterocycles. The second kappa shape index (κ2) is 29.6. The Labute approximate surface area is 417 Å². The van der Waals surface area contributed by atoms with E-state index in [-0.39, 0.29) is 84.8 Å². The third-order valence-electron chi connectivity index (χ3n) is 13.8. The van der Waals surface area contributed by atoms with Crippen LogP contribution in [-0.4, -0.2) is 286 Å². The van der Waals surface area contributed by atoms with Crippen LogP contribution < -0.4 is 47.4 Å². The predicted octanol–water partition coefficient (Wildman–Crippen LogP) is -9.22. The van der Waals surface area contributed by atoms with E-state index in [0.717, 1.165) is 61.3 Å². The maximum atomic E-state index is 12.8. The Kier molecular flexibility index (Phi) is 28.4. The van der Waals surface area contributed by atoms with Crippen LogP contribution in [0.25, 0.3) is 0 Å². The molecule has 15 atom stereocenters. The second-order valence-corrected chi connectivity index (χ2v) is 19.5. The number of carbonyl (C=O) groups is 2. The molecule has 5 heterocycles. The van der Waals surface area contributed by atoms with E-state index in [1.54, 1.807) is 33.1 Å². The van der Waals surface area contributed by atoms with Gasteiger partial charge in [-0.1, -0.05) is 20.8 Å². The van der Waals surface area contributed by atoms with Crippen LogP contribution in [0.3, 0.4) is 0 Å². The normalized spacial score (nSPS) is 36.7. The van der Waals surface area contributed by atoms with Crippen molar-refractivity contribution < 1.29 is 113 Å². The average molecular weight is 1090 g/mol. The molecule has 5 aliphatic rings. The fraction of sp³-hybridized carbons (Fsp3) is 0.953. The van der Waals surface area contributed by atoms with Gasteiger partial charge < -0.3 is 120 Å². The number of carbonyl (C=O) groups excluding carboxylic acids is 2. The van der Waals surface area contributed by atoms with Crippen molar-refractivity contribution in [2.45, 2.75) is 94.4 Å². The van der Waals surface area contributed by atoms with Gasteiger partial charge in [-0.05, 0) is 0 Å². The second-order valence-electron chi connectivity index (χ2n) is 19.5. The van der Waals surface area contributed by atoms with Crippen LogP contribution in [0.2, 0.25) is 0 Å². The summed E-state index contributed by atoms with van der Waals surface area (Å²) in [6.07, 6.45) is -5.11. The monoisotopic (exact) mass is 1090 g/mol. The number of nitrogens with one attached hydrogen (secondary N) is 1. The quantitative estimate of drug-likeness (QED) is 0.0700. The first-order chi connectivity index (χ1) is 30.1. The molecule has 2 amide bonds. The fourth-order valence-corrected chi connectivity index (χ4v) is 8.69. The van der Waals surface area contributed by atoms with E-state index in [1.165, 1.54) is 21.3 Å². The number of methoxy groups -OCH3 is 5. The first kappa shape index (κ1) is 63.3. The number of rotatable bonds is 14. The number of ether oxygens (including phenoxy) is 8. The lowest BCUT2D eigenvalue weighted by molar-refractivity contribution is -0.894. The molecule has 0 aliphatic carbocycles. The zero-order chi connectivity index (χ0) is 48.1. The number of quaternary nitrogens is 2. The van der Waals surface area contributed by atoms with E-state index in [2.05, 4.69) is 43.3 Å². The summed E-state index contributed by atoms with van der Waals surface area (Å²) in [6.45, 7) is 14.5. The van der Waals surface area contributed by atoms with Gasteiger partial charge in [0.05, 0.1) is 130 Å². The van der Waals surface area contributed by atoms with Gasteiger partial charge in [0.15, 0.2) is 18.9 Å². The molecule has 0 spiro atoms. The van der Waals surface area contributed by atoms with Crippen LogP contribution in [0.15, 0.2) is 0 Å². The number of halogens is 2. The number of aliphatic hydroxyl groups excluding tert-OH is 4. The van der Waals surface area contributed by atoms with Crippen molar-refractivity contribution >= 4 is 11.8 Å². The molecule has 7 N–H and O–H groups in total. The number of nitrogens with two attached hydrogens (primary N) is 1. The summed E-state index contributed by atoms with van der Waals surface area (Å²) in [5.41, 5.74) is 5.74. The Hall–Kier alpha value is -0.720. The highest BCUT2D eigenvalue weighted by atomic mass is 127. The van der Waals surface area contributed by atoms with E-state index in [1.807, 2.05) is 13.8 Å². The van der Waals surface area contributed by atoms with Crippen molar-refractivity contribution in [1.82, 2.24) is 20.0 Å². The SMILES string of the molecule is COC1OC(CO)C(C)C(O)C1NC(=O)CN1CC[N+](C)(C)CC1.COCC1OC(OC)C(N(C)C(=O)CN2CC[N+](C)(C)CC2)C(O)C1C.COCC1OC(OC)C(N)C(O)C1C.[Cl-].[I-]. The molecule has 15 unspecified atom stereocenters. The van der Waals surface area contributed by atoms with Gasteiger partial charge in [0.1, 0.15) is 12.1 Å². The molecule has 0 aromatic rings. The molecule has 0 radical (unpaired) electrons. The number of hydrogen-bond donors (Lipinski definition) is 6. The van der Waals surface area contributed by atoms with Crippen LogP contribution in [-0.2, 0) is 47.5 Å². The third kappa shape index (κ3) is 17.8. The Morgan fingerprint density at radius 3 is 1.53 bits per heavy atom. The topological polar surface area (TPSA) is 237 Å². The summed E-state index contributed by atoms with van der Waals surface area (Å²) in [7, 11) is 18.2. The van der Waals surface area contributed by atoms with Gasteiger partial charge in [-0.3, -0.25) is 19.4 Å². The lowest BCUT2D eigenvalue weighted by atomic mass is 9.88. The maximum absolute atomic E-state index is 12.8. The van der Waals surface area contributed by atoms with E-state index < -0.39 is 61.4 Å². The molecule has 0 aromatic carbocycles. The zero-order valence-corrected chi connectivity index (χ0v) is 44.7. The third-order valence-corrected chi connectivity index (χ3v) is 13.8. The number of likely N-dealkylation sites (N-methyl/N-ethyl adjacent to an activating group) is 3. The van der Waals surface area contributed by atoms with Gasteiger partial charge in [0, 0.05) is 86.5 Å². The lowest BCUT2D eigenvalue weighted by Crippen LogP contribution is -3.00. The maximum Gasteiger partial charge on any atom is 0.237 e. The molecule has 5 rings (SSSR count). The summed E-state index contributed by atoms with van der Waals surface area (Å²) >= 11 is 0. The molecule has 0 saturated carbocycles. The smallest absolute Gasteiger partial charge is 0.237 e. The van der Waals surface area contributed by atoms with Crippen LogP contribution >= 0.6 is 0 Å². The predicted molar refractivity (Wildman–Crippen MR) is 236 cm³/mol. The fourth-order valence-electron chi connectivity index (χ4n) is 8.69. The molecule has 5 saturated heterocycles. The summed E-state index contributed by atoms with van der Waals surface area (Å²) < 4.78 is 45.0. The number of aliphatic hydroxyl groups is 4. The number of nitrogens with zero attached hydrogens (tertiary/aromatic N) is 5. The molecule has 23 heteroatoms. The molecular formula is C43H87ClIN7O14. The Morgan fingerprint density at radius 1 is 0.682 bits per heavy atom. The van der Waals surface area contributed by atoms with Gasteiger partial charge in [-0.15, -0.1) is 0 Å². The number of amides is 2. The van der Waals surface area contributed by atoms with Crippen LogP contribution in [0.5, 0.6) is 0 Å². The molecule has 0 bridgehead atoms. The van der Waals surface area contributed by atoms with Gasteiger partial charge in [0.2, 0.25) is 11.8 Å². The minimum absolute atomic E-state index is 0. The summed E-state index contributed by atoms with van der Waals surface area (Å²) in [4.78, 5) is 31.1. The lowest BCUT2D eigenvalue weighted by Gasteiger charge is -2.46. The Morgan fingerprint density at radius 2 is 1.09 bits per heavy atom. The Bertz CT molecular complexity index is 1380. The van der Waals surface area contributed by atoms with Crippen LogP contribution in [0.1, 0.15) is 20.8 Å². The molecule has 66 heavy (non-hydrogen) atoms. The first-order valence-electron chi connectivity index (χ1n) is 22.7. The average Bonchev–Trinajstić information content (AvgIpc) is 3.26. The molecule has 21 nitrogen and oxygen atoms in total.